The first-order valence-electron chi connectivity index (χ1n) is 13.8. The van der Waals surface area contributed by atoms with Gasteiger partial charge in [-0.2, -0.15) is 0 Å². The molecule has 0 spiro atoms. The fraction of sp³-hybridized carbons (Fsp3) is 0.394. The molecule has 0 aliphatic heterocycles. The van der Waals surface area contributed by atoms with Crippen LogP contribution in [-0.4, -0.2) is 23.5 Å². The van der Waals surface area contributed by atoms with Crippen LogP contribution < -0.4 is 10.1 Å². The Morgan fingerprint density at radius 2 is 1.58 bits per heavy atom. The van der Waals surface area contributed by atoms with Crippen LogP contribution in [0.1, 0.15) is 98.4 Å². The minimum Gasteiger partial charge on any atom is -0.486 e. The van der Waals surface area contributed by atoms with Gasteiger partial charge in [0.05, 0.1) is 6.42 Å². The Morgan fingerprint density at radius 1 is 0.895 bits per heavy atom. The lowest BCUT2D eigenvalue weighted by atomic mass is 9.96. The van der Waals surface area contributed by atoms with Gasteiger partial charge in [-0.3, -0.25) is 9.59 Å². The highest BCUT2D eigenvalue weighted by molar-refractivity contribution is 5.94. The zero-order valence-electron chi connectivity index (χ0n) is 23.1. The number of ether oxygens (including phenoxy) is 1. The fourth-order valence-electron chi connectivity index (χ4n) is 4.53. The van der Waals surface area contributed by atoms with Crippen molar-refractivity contribution in [3.8, 4) is 16.9 Å². The van der Waals surface area contributed by atoms with Crippen LogP contribution in [0.3, 0.4) is 0 Å². The molecule has 0 aromatic heterocycles. The van der Waals surface area contributed by atoms with Crippen molar-refractivity contribution < 1.29 is 19.4 Å². The number of hydrogen-bond donors (Lipinski definition) is 2. The first kappa shape index (κ1) is 29.0. The van der Waals surface area contributed by atoms with E-state index >= 15 is 0 Å². The number of carbonyl (C=O) groups is 2. The Labute approximate surface area is 227 Å². The molecule has 0 saturated heterocycles. The number of carboxylic acid groups (broad SMARTS) is 1. The summed E-state index contributed by atoms with van der Waals surface area (Å²) >= 11 is 0. The number of aliphatic carboxylic acids is 1. The summed E-state index contributed by atoms with van der Waals surface area (Å²) < 4.78 is 6.53. The van der Waals surface area contributed by atoms with Gasteiger partial charge in [0.25, 0.3) is 5.91 Å². The number of carboxylic acids is 1. The summed E-state index contributed by atoms with van der Waals surface area (Å²) in [4.78, 5) is 23.0. The van der Waals surface area contributed by atoms with Gasteiger partial charge in [0.1, 0.15) is 11.9 Å². The summed E-state index contributed by atoms with van der Waals surface area (Å²) in [5.41, 5.74) is 6.43. The van der Waals surface area contributed by atoms with Gasteiger partial charge >= 0.3 is 5.97 Å². The van der Waals surface area contributed by atoms with Gasteiger partial charge in [-0.15, -0.1) is 0 Å². The maximum atomic E-state index is 12.3. The molecule has 3 rings (SSSR count). The van der Waals surface area contributed by atoms with E-state index in [1.807, 2.05) is 18.2 Å². The van der Waals surface area contributed by atoms with Crippen molar-refractivity contribution in [2.45, 2.75) is 78.2 Å². The van der Waals surface area contributed by atoms with Crippen LogP contribution in [0.25, 0.3) is 11.1 Å². The zero-order chi connectivity index (χ0) is 27.5. The van der Waals surface area contributed by atoms with E-state index in [-0.39, 0.29) is 25.0 Å². The average Bonchev–Trinajstić information content (AvgIpc) is 2.90. The number of aryl methyl sites for hydroxylation is 1. The molecule has 0 radical (unpaired) electrons. The smallest absolute Gasteiger partial charge is 0.305 e. The summed E-state index contributed by atoms with van der Waals surface area (Å²) in [6.07, 6.45) is 5.27. The predicted molar refractivity (Wildman–Crippen MR) is 154 cm³/mol. The summed E-state index contributed by atoms with van der Waals surface area (Å²) in [5, 5.41) is 11.4. The number of unbranched alkanes of at least 4 members (excludes halogenated alkanes) is 3. The molecule has 0 heterocycles. The first-order valence-corrected chi connectivity index (χ1v) is 13.8. The molecule has 0 saturated carbocycles. The largest absolute Gasteiger partial charge is 0.486 e. The highest BCUT2D eigenvalue weighted by atomic mass is 16.5. The van der Waals surface area contributed by atoms with E-state index < -0.39 is 5.97 Å². The molecule has 1 unspecified atom stereocenters. The van der Waals surface area contributed by atoms with Crippen LogP contribution in [0.2, 0.25) is 0 Å². The zero-order valence-corrected chi connectivity index (χ0v) is 23.1. The molecule has 0 bridgehead atoms. The second-order valence-corrected chi connectivity index (χ2v) is 10.2. The number of amides is 1. The SMILES string of the molecule is CCCCCCC(Oc1ccc(-c2ccc(C(C)C)cc2)c(C)c1)c1ccc(C(=O)NCCC(=O)O)cc1. The molecule has 0 aliphatic carbocycles. The van der Waals surface area contributed by atoms with E-state index in [1.54, 1.807) is 12.1 Å². The number of carbonyl (C=O) groups excluding carboxylic acids is 1. The quantitative estimate of drug-likeness (QED) is 0.213. The average molecular weight is 516 g/mol. The molecule has 0 aliphatic rings. The molecular weight excluding hydrogens is 474 g/mol. The molecule has 0 fully saturated rings. The third-order valence-corrected chi connectivity index (χ3v) is 6.85. The lowest BCUT2D eigenvalue weighted by molar-refractivity contribution is -0.136. The van der Waals surface area contributed by atoms with Gasteiger partial charge in [0.15, 0.2) is 0 Å². The topological polar surface area (TPSA) is 75.6 Å². The van der Waals surface area contributed by atoms with E-state index in [2.05, 4.69) is 69.4 Å². The summed E-state index contributed by atoms with van der Waals surface area (Å²) in [6, 6.07) is 22.5. The fourth-order valence-corrected chi connectivity index (χ4v) is 4.53. The number of nitrogens with one attached hydrogen (secondary N) is 1. The Morgan fingerprint density at radius 3 is 2.18 bits per heavy atom. The van der Waals surface area contributed by atoms with Gasteiger partial charge in [-0.1, -0.05) is 82.5 Å². The van der Waals surface area contributed by atoms with E-state index in [9.17, 15) is 9.59 Å². The van der Waals surface area contributed by atoms with Gasteiger partial charge < -0.3 is 15.2 Å². The first-order chi connectivity index (χ1) is 18.3. The molecule has 3 aromatic carbocycles. The normalized spacial score (nSPS) is 11.8. The summed E-state index contributed by atoms with van der Waals surface area (Å²) in [7, 11) is 0. The van der Waals surface area contributed by atoms with E-state index in [1.165, 1.54) is 29.5 Å². The van der Waals surface area contributed by atoms with Crippen LogP contribution in [0.15, 0.2) is 66.7 Å². The second-order valence-electron chi connectivity index (χ2n) is 10.2. The maximum Gasteiger partial charge on any atom is 0.305 e. The van der Waals surface area contributed by atoms with Crippen molar-refractivity contribution in [1.82, 2.24) is 5.32 Å². The van der Waals surface area contributed by atoms with Crippen LogP contribution in [0.5, 0.6) is 5.75 Å². The van der Waals surface area contributed by atoms with Crippen molar-refractivity contribution in [3.05, 3.63) is 89.0 Å². The number of rotatable bonds is 14. The molecule has 2 N–H and O–H groups in total. The van der Waals surface area contributed by atoms with Crippen molar-refractivity contribution >= 4 is 11.9 Å². The molecule has 5 nitrogen and oxygen atoms in total. The van der Waals surface area contributed by atoms with Crippen molar-refractivity contribution in [2.75, 3.05) is 6.54 Å². The summed E-state index contributed by atoms with van der Waals surface area (Å²) in [5.74, 6) is 0.137. The Kier molecular flexibility index (Phi) is 11.0. The van der Waals surface area contributed by atoms with E-state index in [0.29, 0.717) is 11.5 Å². The van der Waals surface area contributed by atoms with E-state index in [4.69, 9.17) is 9.84 Å². The van der Waals surface area contributed by atoms with Gasteiger partial charge in [-0.25, -0.2) is 0 Å². The number of benzene rings is 3. The summed E-state index contributed by atoms with van der Waals surface area (Å²) in [6.45, 7) is 8.84. The van der Waals surface area contributed by atoms with Crippen molar-refractivity contribution in [1.29, 1.82) is 0 Å². The van der Waals surface area contributed by atoms with Crippen LogP contribution >= 0.6 is 0 Å². The van der Waals surface area contributed by atoms with Gasteiger partial charge in [0.2, 0.25) is 0 Å². The molecule has 3 aromatic rings. The lowest BCUT2D eigenvalue weighted by Gasteiger charge is -2.21. The maximum absolute atomic E-state index is 12.3. The number of hydrogen-bond acceptors (Lipinski definition) is 3. The third kappa shape index (κ3) is 8.47. The Balaban J connectivity index is 1.74. The van der Waals surface area contributed by atoms with E-state index in [0.717, 1.165) is 36.1 Å². The Hall–Kier alpha value is -3.60. The highest BCUT2D eigenvalue weighted by Crippen LogP contribution is 2.32. The third-order valence-electron chi connectivity index (χ3n) is 6.85. The van der Waals surface area contributed by atoms with Crippen LogP contribution in [0.4, 0.5) is 0 Å². The molecular formula is C33H41NO4. The lowest BCUT2D eigenvalue weighted by Crippen LogP contribution is -2.26. The van der Waals surface area contributed by atoms with Gasteiger partial charge in [0, 0.05) is 12.1 Å². The minimum absolute atomic E-state index is 0.0983. The second kappa shape index (κ2) is 14.4. The molecule has 1 amide bonds. The van der Waals surface area contributed by atoms with Crippen molar-refractivity contribution in [2.24, 2.45) is 0 Å². The molecule has 1 atom stereocenters. The van der Waals surface area contributed by atoms with Crippen molar-refractivity contribution in [3.63, 3.8) is 0 Å². The Bertz CT molecular complexity index is 1180. The van der Waals surface area contributed by atoms with Gasteiger partial charge in [-0.05, 0) is 77.8 Å². The van der Waals surface area contributed by atoms with Crippen LogP contribution in [0, 0.1) is 6.92 Å². The molecule has 202 valence electrons. The predicted octanol–water partition coefficient (Wildman–Crippen LogP) is 8.08. The molecule has 38 heavy (non-hydrogen) atoms. The molecule has 5 heteroatoms. The van der Waals surface area contributed by atoms with Crippen LogP contribution in [-0.2, 0) is 4.79 Å². The minimum atomic E-state index is -0.934. The highest BCUT2D eigenvalue weighted by Gasteiger charge is 2.16. The monoisotopic (exact) mass is 515 g/mol. The standard InChI is InChI=1S/C33H41NO4/c1-5-6-7-8-9-31(27-14-16-28(17-15-27)33(37)34-21-20-32(35)36)38-29-18-19-30(24(4)22-29)26-12-10-25(11-13-26)23(2)3/h10-19,22-23,31H,5-9,20-21H2,1-4H3,(H,34,37)(H,35,36).